The van der Waals surface area contributed by atoms with Gasteiger partial charge in [0.05, 0.1) is 5.69 Å². The highest BCUT2D eigenvalue weighted by molar-refractivity contribution is 7.09. The van der Waals surface area contributed by atoms with Crippen LogP contribution in [0.3, 0.4) is 0 Å². The molecule has 0 unspecified atom stereocenters. The number of nitrogens with one attached hydrogen (secondary N) is 1. The van der Waals surface area contributed by atoms with Gasteiger partial charge in [0.2, 0.25) is 0 Å². The molecule has 0 atom stereocenters. The summed E-state index contributed by atoms with van der Waals surface area (Å²) >= 11 is 1.79. The second-order valence-electron chi connectivity index (χ2n) is 7.22. The van der Waals surface area contributed by atoms with Crippen LogP contribution < -0.4 is 5.32 Å². The monoisotopic (exact) mass is 309 g/mol. The van der Waals surface area contributed by atoms with Crippen molar-refractivity contribution < 1.29 is 0 Å². The van der Waals surface area contributed by atoms with Crippen molar-refractivity contribution in [1.82, 2.24) is 15.2 Å². The molecule has 0 amide bonds. The zero-order chi connectivity index (χ0) is 15.3. The molecule has 1 N–H and O–H groups in total. The van der Waals surface area contributed by atoms with Gasteiger partial charge in [-0.15, -0.1) is 11.3 Å². The van der Waals surface area contributed by atoms with Crippen LogP contribution in [0.1, 0.15) is 63.6 Å². The van der Waals surface area contributed by atoms with E-state index in [-0.39, 0.29) is 0 Å². The van der Waals surface area contributed by atoms with Gasteiger partial charge in [0.1, 0.15) is 5.01 Å². The highest BCUT2D eigenvalue weighted by Gasteiger charge is 2.28. The van der Waals surface area contributed by atoms with E-state index in [1.807, 2.05) is 0 Å². The van der Waals surface area contributed by atoms with Crippen molar-refractivity contribution in [2.24, 2.45) is 5.41 Å². The molecule has 3 nitrogen and oxygen atoms in total. The van der Waals surface area contributed by atoms with Crippen molar-refractivity contribution in [2.45, 2.75) is 72.0 Å². The van der Waals surface area contributed by atoms with Gasteiger partial charge in [0, 0.05) is 24.5 Å². The summed E-state index contributed by atoms with van der Waals surface area (Å²) in [6, 6.07) is 0.737. The van der Waals surface area contributed by atoms with Crippen LogP contribution in [-0.2, 0) is 13.1 Å². The number of aromatic nitrogens is 1. The summed E-state index contributed by atoms with van der Waals surface area (Å²) in [7, 11) is 2.26. The number of hydrogen-bond acceptors (Lipinski definition) is 4. The van der Waals surface area contributed by atoms with E-state index in [0.29, 0.717) is 5.41 Å². The third kappa shape index (κ3) is 5.35. The Morgan fingerprint density at radius 2 is 2.10 bits per heavy atom. The number of nitrogens with zero attached hydrogens (tertiary/aromatic N) is 2. The van der Waals surface area contributed by atoms with Crippen molar-refractivity contribution >= 4 is 11.3 Å². The highest BCUT2D eigenvalue weighted by atomic mass is 32.1. The van der Waals surface area contributed by atoms with E-state index in [1.54, 1.807) is 11.3 Å². The van der Waals surface area contributed by atoms with Gasteiger partial charge in [-0.2, -0.15) is 0 Å². The Balaban J connectivity index is 1.79. The Morgan fingerprint density at radius 3 is 2.76 bits per heavy atom. The molecular weight excluding hydrogens is 278 g/mol. The van der Waals surface area contributed by atoms with Crippen molar-refractivity contribution in [1.29, 1.82) is 0 Å². The number of hydrogen-bond donors (Lipinski definition) is 1. The first-order chi connectivity index (χ1) is 10.00. The van der Waals surface area contributed by atoms with Crippen LogP contribution in [0.5, 0.6) is 0 Å². The van der Waals surface area contributed by atoms with Crippen LogP contribution in [0.25, 0.3) is 0 Å². The van der Waals surface area contributed by atoms with Gasteiger partial charge in [-0.25, -0.2) is 4.98 Å². The molecule has 1 saturated carbocycles. The number of thiazole rings is 1. The highest BCUT2D eigenvalue weighted by Crippen LogP contribution is 2.36. The first-order valence-corrected chi connectivity index (χ1v) is 9.22. The molecule has 1 fully saturated rings. The predicted octanol–water partition coefficient (Wildman–Crippen LogP) is 4.04. The fraction of sp³-hybridized carbons (Fsp3) is 0.824. The Morgan fingerprint density at radius 1 is 1.38 bits per heavy atom. The van der Waals surface area contributed by atoms with Crippen LogP contribution in [0.2, 0.25) is 0 Å². The standard InChI is InChI=1S/C17H31N3S/c1-5-10-18-11-16-19-14(13-21-16)12-20(4)15-6-8-17(2,3)9-7-15/h13,15,18H,5-12H2,1-4H3. The molecule has 0 aromatic carbocycles. The van der Waals surface area contributed by atoms with Gasteiger partial charge in [-0.3, -0.25) is 4.90 Å². The van der Waals surface area contributed by atoms with Crippen LogP contribution in [0, 0.1) is 5.41 Å². The molecular formula is C17H31N3S. The summed E-state index contributed by atoms with van der Waals surface area (Å²) in [6.07, 6.45) is 6.55. The first-order valence-electron chi connectivity index (χ1n) is 8.34. The maximum atomic E-state index is 4.76. The van der Waals surface area contributed by atoms with Crippen molar-refractivity contribution in [3.05, 3.63) is 16.1 Å². The largest absolute Gasteiger partial charge is 0.310 e. The van der Waals surface area contributed by atoms with Crippen LogP contribution in [0.15, 0.2) is 5.38 Å². The second kappa shape index (κ2) is 7.70. The summed E-state index contributed by atoms with van der Waals surface area (Å²) < 4.78 is 0. The van der Waals surface area contributed by atoms with Crippen molar-refractivity contribution in [3.63, 3.8) is 0 Å². The van der Waals surface area contributed by atoms with E-state index in [1.165, 1.54) is 42.8 Å². The summed E-state index contributed by atoms with van der Waals surface area (Å²) in [6.45, 7) is 9.99. The Kier molecular flexibility index (Phi) is 6.20. The lowest BCUT2D eigenvalue weighted by molar-refractivity contribution is 0.122. The molecule has 0 bridgehead atoms. The smallest absolute Gasteiger partial charge is 0.107 e. The lowest BCUT2D eigenvalue weighted by Crippen LogP contribution is -2.36. The third-order valence-electron chi connectivity index (χ3n) is 4.65. The molecule has 21 heavy (non-hydrogen) atoms. The van der Waals surface area contributed by atoms with Crippen LogP contribution >= 0.6 is 11.3 Å². The minimum Gasteiger partial charge on any atom is -0.310 e. The SMILES string of the molecule is CCCNCc1nc(CN(C)C2CCC(C)(C)CC2)cs1. The van der Waals surface area contributed by atoms with E-state index in [2.05, 4.69) is 43.4 Å². The van der Waals surface area contributed by atoms with Crippen molar-refractivity contribution in [2.75, 3.05) is 13.6 Å². The maximum Gasteiger partial charge on any atom is 0.107 e. The fourth-order valence-corrected chi connectivity index (χ4v) is 3.84. The van der Waals surface area contributed by atoms with E-state index >= 15 is 0 Å². The molecule has 0 saturated heterocycles. The van der Waals surface area contributed by atoms with E-state index in [9.17, 15) is 0 Å². The topological polar surface area (TPSA) is 28.2 Å². The molecule has 0 spiro atoms. The number of rotatable bonds is 7. The second-order valence-corrected chi connectivity index (χ2v) is 8.16. The zero-order valence-electron chi connectivity index (χ0n) is 14.1. The van der Waals surface area contributed by atoms with E-state index < -0.39 is 0 Å². The van der Waals surface area contributed by atoms with E-state index in [0.717, 1.165) is 25.7 Å². The van der Waals surface area contributed by atoms with Gasteiger partial charge in [0.25, 0.3) is 0 Å². The molecule has 0 radical (unpaired) electrons. The molecule has 2 rings (SSSR count). The molecule has 4 heteroatoms. The lowest BCUT2D eigenvalue weighted by Gasteiger charge is -2.38. The van der Waals surface area contributed by atoms with Gasteiger partial charge in [-0.05, 0) is 51.1 Å². The molecule has 120 valence electrons. The average molecular weight is 310 g/mol. The van der Waals surface area contributed by atoms with Gasteiger partial charge < -0.3 is 5.32 Å². The molecule has 1 aliphatic rings. The van der Waals surface area contributed by atoms with Gasteiger partial charge in [0.15, 0.2) is 0 Å². The van der Waals surface area contributed by atoms with Crippen LogP contribution in [-0.4, -0.2) is 29.5 Å². The normalized spacial score (nSPS) is 19.3. The van der Waals surface area contributed by atoms with Crippen LogP contribution in [0.4, 0.5) is 0 Å². The zero-order valence-corrected chi connectivity index (χ0v) is 14.9. The minimum absolute atomic E-state index is 0.552. The van der Waals surface area contributed by atoms with Gasteiger partial charge in [-0.1, -0.05) is 20.8 Å². The average Bonchev–Trinajstić information content (AvgIpc) is 2.86. The summed E-state index contributed by atoms with van der Waals surface area (Å²) in [5, 5.41) is 6.87. The van der Waals surface area contributed by atoms with E-state index in [4.69, 9.17) is 4.98 Å². The molecule has 1 aromatic heterocycles. The molecule has 0 aliphatic heterocycles. The Bertz CT molecular complexity index is 417. The fourth-order valence-electron chi connectivity index (χ4n) is 3.08. The summed E-state index contributed by atoms with van der Waals surface area (Å²) in [5.74, 6) is 0. The third-order valence-corrected chi connectivity index (χ3v) is 5.54. The first kappa shape index (κ1) is 16.9. The minimum atomic E-state index is 0.552. The van der Waals surface area contributed by atoms with Crippen molar-refractivity contribution in [3.8, 4) is 0 Å². The lowest BCUT2D eigenvalue weighted by atomic mass is 9.75. The summed E-state index contributed by atoms with van der Waals surface area (Å²) in [4.78, 5) is 7.27. The quantitative estimate of drug-likeness (QED) is 0.770. The predicted molar refractivity (Wildman–Crippen MR) is 91.6 cm³/mol. The Labute approximate surface area is 134 Å². The molecule has 1 aromatic rings. The Hall–Kier alpha value is -0.450. The maximum absolute atomic E-state index is 4.76. The summed E-state index contributed by atoms with van der Waals surface area (Å²) in [5.41, 5.74) is 1.79. The van der Waals surface area contributed by atoms with Gasteiger partial charge >= 0.3 is 0 Å². The molecule has 1 heterocycles. The molecule has 1 aliphatic carbocycles.